The number of carbonyl (C=O) groups excluding carboxylic acids is 1. The second kappa shape index (κ2) is 8.85. The van der Waals surface area contributed by atoms with E-state index in [0.717, 1.165) is 39.1 Å². The Bertz CT molecular complexity index is 369. The Labute approximate surface area is 119 Å². The summed E-state index contributed by atoms with van der Waals surface area (Å²) in [6.45, 7) is 5.74. The summed E-state index contributed by atoms with van der Waals surface area (Å²) in [7, 11) is 0. The SMILES string of the molecule is Cl.O=C(OCCCN1CCNCC1)c1ccncc1. The lowest BCUT2D eigenvalue weighted by Crippen LogP contribution is -2.43. The number of aromatic nitrogens is 1. The summed E-state index contributed by atoms with van der Waals surface area (Å²) in [6, 6.07) is 3.33. The molecule has 1 N–H and O–H groups in total. The molecule has 5 nitrogen and oxygen atoms in total. The van der Waals surface area contributed by atoms with Crippen molar-refractivity contribution < 1.29 is 9.53 Å². The lowest BCUT2D eigenvalue weighted by molar-refractivity contribution is 0.0486. The fraction of sp³-hybridized carbons (Fsp3) is 0.538. The van der Waals surface area contributed by atoms with Crippen molar-refractivity contribution in [3.8, 4) is 0 Å². The van der Waals surface area contributed by atoms with Gasteiger partial charge >= 0.3 is 5.97 Å². The first kappa shape index (κ1) is 15.9. The Morgan fingerprint density at radius 2 is 2.00 bits per heavy atom. The molecule has 0 unspecified atom stereocenters. The van der Waals surface area contributed by atoms with Crippen LogP contribution in [0, 0.1) is 0 Å². The molecule has 2 rings (SSSR count). The average Bonchev–Trinajstić information content (AvgIpc) is 2.45. The molecule has 0 amide bonds. The molecule has 6 heteroatoms. The van der Waals surface area contributed by atoms with Gasteiger partial charge in [-0.15, -0.1) is 12.4 Å². The summed E-state index contributed by atoms with van der Waals surface area (Å²) in [5.74, 6) is -0.266. The lowest BCUT2D eigenvalue weighted by atomic mass is 10.3. The third kappa shape index (κ3) is 5.55. The summed E-state index contributed by atoms with van der Waals surface area (Å²) in [5.41, 5.74) is 0.562. The van der Waals surface area contributed by atoms with Crippen molar-refractivity contribution in [1.82, 2.24) is 15.2 Å². The Morgan fingerprint density at radius 3 is 2.68 bits per heavy atom. The zero-order valence-corrected chi connectivity index (χ0v) is 11.7. The van der Waals surface area contributed by atoms with Gasteiger partial charge in [-0.3, -0.25) is 4.98 Å². The summed E-state index contributed by atoms with van der Waals surface area (Å²) < 4.78 is 5.21. The molecule has 19 heavy (non-hydrogen) atoms. The summed E-state index contributed by atoms with van der Waals surface area (Å²) in [6.07, 6.45) is 4.07. The highest BCUT2D eigenvalue weighted by Gasteiger charge is 2.10. The number of halogens is 1. The first-order chi connectivity index (χ1) is 8.86. The predicted octanol–water partition coefficient (Wildman–Crippen LogP) is 0.955. The van der Waals surface area contributed by atoms with Crippen molar-refractivity contribution >= 4 is 18.4 Å². The summed E-state index contributed by atoms with van der Waals surface area (Å²) in [4.78, 5) is 17.9. The molecule has 1 fully saturated rings. The fourth-order valence-corrected chi connectivity index (χ4v) is 1.96. The van der Waals surface area contributed by atoms with E-state index in [1.807, 2.05) is 0 Å². The van der Waals surface area contributed by atoms with Crippen molar-refractivity contribution in [2.75, 3.05) is 39.3 Å². The summed E-state index contributed by atoms with van der Waals surface area (Å²) in [5, 5.41) is 3.31. The van der Waals surface area contributed by atoms with Gasteiger partial charge in [-0.25, -0.2) is 4.79 Å². The third-order valence-corrected chi connectivity index (χ3v) is 2.98. The Hall–Kier alpha value is -1.17. The maximum Gasteiger partial charge on any atom is 0.338 e. The molecule has 0 saturated carbocycles. The van der Waals surface area contributed by atoms with Crippen molar-refractivity contribution in [2.45, 2.75) is 6.42 Å². The number of hydrogen-bond acceptors (Lipinski definition) is 5. The zero-order valence-electron chi connectivity index (χ0n) is 10.9. The van der Waals surface area contributed by atoms with E-state index in [0.29, 0.717) is 12.2 Å². The van der Waals surface area contributed by atoms with E-state index in [4.69, 9.17) is 4.74 Å². The largest absolute Gasteiger partial charge is 0.462 e. The highest BCUT2D eigenvalue weighted by atomic mass is 35.5. The predicted molar refractivity (Wildman–Crippen MR) is 75.7 cm³/mol. The second-order valence-electron chi connectivity index (χ2n) is 4.32. The number of nitrogens with one attached hydrogen (secondary N) is 1. The van der Waals surface area contributed by atoms with E-state index in [-0.39, 0.29) is 18.4 Å². The van der Waals surface area contributed by atoms with Crippen LogP contribution in [0.1, 0.15) is 16.8 Å². The number of ether oxygens (including phenoxy) is 1. The number of nitrogens with zero attached hydrogens (tertiary/aromatic N) is 2. The minimum Gasteiger partial charge on any atom is -0.462 e. The number of piperazine rings is 1. The normalized spacial score (nSPS) is 15.6. The maximum absolute atomic E-state index is 11.6. The number of pyridine rings is 1. The molecular formula is C13H20ClN3O2. The molecule has 1 aliphatic rings. The van der Waals surface area contributed by atoms with Crippen LogP contribution in [0.15, 0.2) is 24.5 Å². The smallest absolute Gasteiger partial charge is 0.338 e. The van der Waals surface area contributed by atoms with Gasteiger partial charge in [0.2, 0.25) is 0 Å². The quantitative estimate of drug-likeness (QED) is 0.645. The number of rotatable bonds is 5. The van der Waals surface area contributed by atoms with Gasteiger partial charge in [0, 0.05) is 45.1 Å². The van der Waals surface area contributed by atoms with Crippen LogP contribution < -0.4 is 5.32 Å². The van der Waals surface area contributed by atoms with Gasteiger partial charge in [0.1, 0.15) is 0 Å². The topological polar surface area (TPSA) is 54.5 Å². The minimum absolute atomic E-state index is 0. The number of esters is 1. The van der Waals surface area contributed by atoms with Gasteiger partial charge in [0.15, 0.2) is 0 Å². The van der Waals surface area contributed by atoms with Crippen molar-refractivity contribution in [2.24, 2.45) is 0 Å². The van der Waals surface area contributed by atoms with Crippen LogP contribution in [0.25, 0.3) is 0 Å². The Balaban J connectivity index is 0.00000180. The molecule has 1 aliphatic heterocycles. The highest BCUT2D eigenvalue weighted by Crippen LogP contribution is 2.01. The van der Waals surface area contributed by atoms with Crippen LogP contribution in [0.5, 0.6) is 0 Å². The Morgan fingerprint density at radius 1 is 1.32 bits per heavy atom. The van der Waals surface area contributed by atoms with Gasteiger partial charge in [-0.2, -0.15) is 0 Å². The van der Waals surface area contributed by atoms with E-state index < -0.39 is 0 Å². The van der Waals surface area contributed by atoms with Crippen LogP contribution in [-0.4, -0.2) is 55.2 Å². The van der Waals surface area contributed by atoms with Gasteiger partial charge in [-0.1, -0.05) is 0 Å². The van der Waals surface area contributed by atoms with Gasteiger partial charge in [0.05, 0.1) is 12.2 Å². The fourth-order valence-electron chi connectivity index (χ4n) is 1.96. The van der Waals surface area contributed by atoms with Crippen molar-refractivity contribution in [3.63, 3.8) is 0 Å². The van der Waals surface area contributed by atoms with Gasteiger partial charge in [-0.05, 0) is 18.6 Å². The molecule has 2 heterocycles. The molecule has 1 aromatic heterocycles. The third-order valence-electron chi connectivity index (χ3n) is 2.98. The number of carbonyl (C=O) groups is 1. The highest BCUT2D eigenvalue weighted by molar-refractivity contribution is 5.89. The first-order valence-corrected chi connectivity index (χ1v) is 6.36. The standard InChI is InChI=1S/C13H19N3O2.ClH/c17-13(12-2-4-14-5-3-12)18-11-1-8-16-9-6-15-7-10-16;/h2-5,15H,1,6-11H2;1H. The van der Waals surface area contributed by atoms with E-state index >= 15 is 0 Å². The summed E-state index contributed by atoms with van der Waals surface area (Å²) >= 11 is 0. The van der Waals surface area contributed by atoms with Crippen LogP contribution in [0.2, 0.25) is 0 Å². The Kier molecular flexibility index (Phi) is 7.40. The molecule has 1 saturated heterocycles. The molecule has 0 aliphatic carbocycles. The zero-order chi connectivity index (χ0) is 12.6. The molecular weight excluding hydrogens is 266 g/mol. The van der Waals surface area contributed by atoms with E-state index in [1.165, 1.54) is 0 Å². The first-order valence-electron chi connectivity index (χ1n) is 6.36. The average molecular weight is 286 g/mol. The second-order valence-corrected chi connectivity index (χ2v) is 4.32. The van der Waals surface area contributed by atoms with E-state index in [9.17, 15) is 4.79 Å². The van der Waals surface area contributed by atoms with E-state index in [2.05, 4.69) is 15.2 Å². The van der Waals surface area contributed by atoms with E-state index in [1.54, 1.807) is 24.5 Å². The minimum atomic E-state index is -0.266. The molecule has 1 aromatic rings. The van der Waals surface area contributed by atoms with Crippen molar-refractivity contribution in [3.05, 3.63) is 30.1 Å². The van der Waals surface area contributed by atoms with Gasteiger partial charge in [0.25, 0.3) is 0 Å². The molecule has 106 valence electrons. The van der Waals surface area contributed by atoms with Crippen LogP contribution in [0.4, 0.5) is 0 Å². The molecule has 0 radical (unpaired) electrons. The molecule has 0 bridgehead atoms. The maximum atomic E-state index is 11.6. The van der Waals surface area contributed by atoms with Crippen molar-refractivity contribution in [1.29, 1.82) is 0 Å². The molecule has 0 atom stereocenters. The van der Waals surface area contributed by atoms with Crippen LogP contribution in [0.3, 0.4) is 0 Å². The monoisotopic (exact) mass is 285 g/mol. The van der Waals surface area contributed by atoms with Crippen LogP contribution >= 0.6 is 12.4 Å². The lowest BCUT2D eigenvalue weighted by Gasteiger charge is -2.26. The molecule has 0 aromatic carbocycles. The molecule has 0 spiro atoms. The number of hydrogen-bond donors (Lipinski definition) is 1. The van der Waals surface area contributed by atoms with Crippen LogP contribution in [-0.2, 0) is 4.74 Å². The van der Waals surface area contributed by atoms with Gasteiger partial charge < -0.3 is 15.0 Å².